The number of hydrogen-bond donors (Lipinski definition) is 1. The molecular formula is C13H17FN2O2. The van der Waals surface area contributed by atoms with Crippen molar-refractivity contribution < 1.29 is 13.9 Å². The van der Waals surface area contributed by atoms with Crippen molar-refractivity contribution in [2.24, 2.45) is 5.73 Å². The highest BCUT2D eigenvalue weighted by Gasteiger charge is 2.24. The predicted molar refractivity (Wildman–Crippen MR) is 66.9 cm³/mol. The van der Waals surface area contributed by atoms with Gasteiger partial charge in [0.15, 0.2) is 0 Å². The van der Waals surface area contributed by atoms with E-state index in [-0.39, 0.29) is 5.82 Å². The molecule has 2 rings (SSSR count). The van der Waals surface area contributed by atoms with Crippen LogP contribution in [-0.2, 0) is 16.0 Å². The standard InChI is InChI=1S/C13H17FN2O2/c1-2-18-13(17)11(15)8-16-6-5-9-3-4-10(14)7-12(9)16/h3-4,7,11H,2,5-6,8,15H2,1H3. The first-order valence-electron chi connectivity index (χ1n) is 6.07. The van der Waals surface area contributed by atoms with Crippen molar-refractivity contribution in [3.8, 4) is 0 Å². The number of ether oxygens (including phenoxy) is 1. The highest BCUT2D eigenvalue weighted by Crippen LogP contribution is 2.28. The van der Waals surface area contributed by atoms with E-state index in [1.807, 2.05) is 4.90 Å². The lowest BCUT2D eigenvalue weighted by Gasteiger charge is -2.22. The van der Waals surface area contributed by atoms with Crippen molar-refractivity contribution in [2.75, 3.05) is 24.6 Å². The Bertz CT molecular complexity index is 451. The maximum absolute atomic E-state index is 13.2. The van der Waals surface area contributed by atoms with E-state index in [4.69, 9.17) is 10.5 Å². The zero-order valence-electron chi connectivity index (χ0n) is 10.4. The van der Waals surface area contributed by atoms with Crippen LogP contribution in [0.2, 0.25) is 0 Å². The molecule has 1 aromatic carbocycles. The lowest BCUT2D eigenvalue weighted by Crippen LogP contribution is -2.43. The predicted octanol–water partition coefficient (Wildman–Crippen LogP) is 1.08. The Morgan fingerprint density at radius 3 is 3.11 bits per heavy atom. The smallest absolute Gasteiger partial charge is 0.324 e. The number of rotatable bonds is 4. The SMILES string of the molecule is CCOC(=O)C(N)CN1CCc2ccc(F)cc21. The molecule has 0 amide bonds. The first kappa shape index (κ1) is 12.8. The van der Waals surface area contributed by atoms with Crippen LogP contribution in [0.15, 0.2) is 18.2 Å². The summed E-state index contributed by atoms with van der Waals surface area (Å²) in [5.41, 5.74) is 7.69. The Hall–Kier alpha value is -1.62. The number of halogens is 1. The molecule has 0 saturated heterocycles. The van der Waals surface area contributed by atoms with Gasteiger partial charge in [0.25, 0.3) is 0 Å². The van der Waals surface area contributed by atoms with Gasteiger partial charge in [-0.15, -0.1) is 0 Å². The van der Waals surface area contributed by atoms with Crippen molar-refractivity contribution in [2.45, 2.75) is 19.4 Å². The van der Waals surface area contributed by atoms with Crippen LogP contribution in [0.3, 0.4) is 0 Å². The summed E-state index contributed by atoms with van der Waals surface area (Å²) >= 11 is 0. The number of nitrogens with zero attached hydrogens (tertiary/aromatic N) is 1. The van der Waals surface area contributed by atoms with Gasteiger partial charge in [0.05, 0.1) is 6.61 Å². The Morgan fingerprint density at radius 1 is 1.61 bits per heavy atom. The molecule has 1 aliphatic rings. The summed E-state index contributed by atoms with van der Waals surface area (Å²) in [7, 11) is 0. The van der Waals surface area contributed by atoms with Crippen LogP contribution in [0.1, 0.15) is 12.5 Å². The molecule has 2 N–H and O–H groups in total. The lowest BCUT2D eigenvalue weighted by atomic mass is 10.1. The van der Waals surface area contributed by atoms with Crippen molar-refractivity contribution >= 4 is 11.7 Å². The minimum Gasteiger partial charge on any atom is -0.465 e. The first-order chi connectivity index (χ1) is 8.61. The van der Waals surface area contributed by atoms with Gasteiger partial charge in [-0.3, -0.25) is 4.79 Å². The summed E-state index contributed by atoms with van der Waals surface area (Å²) in [6, 6.07) is 4.02. The Balaban J connectivity index is 2.05. The highest BCUT2D eigenvalue weighted by molar-refractivity contribution is 5.76. The summed E-state index contributed by atoms with van der Waals surface area (Å²) in [6.07, 6.45) is 0.852. The highest BCUT2D eigenvalue weighted by atomic mass is 19.1. The van der Waals surface area contributed by atoms with Gasteiger partial charge in [-0.1, -0.05) is 6.07 Å². The zero-order valence-corrected chi connectivity index (χ0v) is 10.4. The molecule has 1 aliphatic heterocycles. The molecule has 0 spiro atoms. The zero-order chi connectivity index (χ0) is 13.1. The number of fused-ring (bicyclic) bond motifs is 1. The van der Waals surface area contributed by atoms with E-state index in [1.165, 1.54) is 12.1 Å². The number of anilines is 1. The van der Waals surface area contributed by atoms with E-state index >= 15 is 0 Å². The molecule has 1 aromatic rings. The fourth-order valence-electron chi connectivity index (χ4n) is 2.17. The van der Waals surface area contributed by atoms with Gasteiger partial charge >= 0.3 is 5.97 Å². The molecule has 0 aromatic heterocycles. The van der Waals surface area contributed by atoms with Gasteiger partial charge in [0.1, 0.15) is 11.9 Å². The summed E-state index contributed by atoms with van der Waals surface area (Å²) in [5, 5.41) is 0. The van der Waals surface area contributed by atoms with Crippen LogP contribution < -0.4 is 10.6 Å². The van der Waals surface area contributed by atoms with Gasteiger partial charge in [-0.25, -0.2) is 4.39 Å². The summed E-state index contributed by atoms with van der Waals surface area (Å²) in [6.45, 7) is 3.17. The molecule has 1 atom stereocenters. The molecular weight excluding hydrogens is 235 g/mol. The maximum Gasteiger partial charge on any atom is 0.324 e. The van der Waals surface area contributed by atoms with Gasteiger partial charge < -0.3 is 15.4 Å². The monoisotopic (exact) mass is 252 g/mol. The van der Waals surface area contributed by atoms with E-state index in [9.17, 15) is 9.18 Å². The second-order valence-corrected chi connectivity index (χ2v) is 4.33. The number of benzene rings is 1. The fraction of sp³-hybridized carbons (Fsp3) is 0.462. The molecule has 4 nitrogen and oxygen atoms in total. The minimum atomic E-state index is -0.695. The van der Waals surface area contributed by atoms with Crippen LogP contribution in [0.5, 0.6) is 0 Å². The lowest BCUT2D eigenvalue weighted by molar-refractivity contribution is -0.144. The molecule has 0 radical (unpaired) electrons. The van der Waals surface area contributed by atoms with E-state index in [1.54, 1.807) is 13.0 Å². The Kier molecular flexibility index (Phi) is 3.81. The van der Waals surface area contributed by atoms with Crippen LogP contribution in [-0.4, -0.2) is 31.7 Å². The van der Waals surface area contributed by atoms with Crippen LogP contribution >= 0.6 is 0 Å². The number of carbonyl (C=O) groups excluding carboxylic acids is 1. The van der Waals surface area contributed by atoms with E-state index in [2.05, 4.69) is 0 Å². The second-order valence-electron chi connectivity index (χ2n) is 4.33. The van der Waals surface area contributed by atoms with Gasteiger partial charge in [-0.05, 0) is 31.0 Å². The van der Waals surface area contributed by atoms with E-state index in [0.717, 1.165) is 24.2 Å². The van der Waals surface area contributed by atoms with Crippen LogP contribution in [0, 0.1) is 5.82 Å². The third kappa shape index (κ3) is 2.61. The summed E-state index contributed by atoms with van der Waals surface area (Å²) < 4.78 is 18.1. The number of hydrogen-bond acceptors (Lipinski definition) is 4. The topological polar surface area (TPSA) is 55.6 Å². The number of carbonyl (C=O) groups is 1. The summed E-state index contributed by atoms with van der Waals surface area (Å²) in [5.74, 6) is -0.687. The normalized spacial score (nSPS) is 15.4. The second kappa shape index (κ2) is 5.35. The molecule has 0 fully saturated rings. The van der Waals surface area contributed by atoms with Crippen LogP contribution in [0.25, 0.3) is 0 Å². The average molecular weight is 252 g/mol. The molecule has 0 bridgehead atoms. The molecule has 1 unspecified atom stereocenters. The summed E-state index contributed by atoms with van der Waals surface area (Å²) in [4.78, 5) is 13.4. The third-order valence-electron chi connectivity index (χ3n) is 3.05. The Labute approximate surface area is 106 Å². The van der Waals surface area contributed by atoms with Gasteiger partial charge in [-0.2, -0.15) is 0 Å². The molecule has 0 saturated carbocycles. The van der Waals surface area contributed by atoms with Gasteiger partial charge in [0.2, 0.25) is 0 Å². The van der Waals surface area contributed by atoms with E-state index < -0.39 is 12.0 Å². The molecule has 1 heterocycles. The first-order valence-corrected chi connectivity index (χ1v) is 6.07. The largest absolute Gasteiger partial charge is 0.465 e. The Morgan fingerprint density at radius 2 is 2.39 bits per heavy atom. The quantitative estimate of drug-likeness (QED) is 0.815. The minimum absolute atomic E-state index is 0.273. The molecule has 5 heteroatoms. The maximum atomic E-state index is 13.2. The molecule has 18 heavy (non-hydrogen) atoms. The molecule has 98 valence electrons. The van der Waals surface area contributed by atoms with Crippen molar-refractivity contribution in [3.05, 3.63) is 29.6 Å². The fourth-order valence-corrected chi connectivity index (χ4v) is 2.17. The average Bonchev–Trinajstić information content (AvgIpc) is 2.72. The number of nitrogens with two attached hydrogens (primary N) is 1. The van der Waals surface area contributed by atoms with E-state index in [0.29, 0.717) is 13.2 Å². The van der Waals surface area contributed by atoms with Crippen LogP contribution in [0.4, 0.5) is 10.1 Å². The van der Waals surface area contributed by atoms with Crippen molar-refractivity contribution in [1.29, 1.82) is 0 Å². The number of esters is 1. The molecule has 0 aliphatic carbocycles. The van der Waals surface area contributed by atoms with Crippen molar-refractivity contribution in [1.82, 2.24) is 0 Å². The van der Waals surface area contributed by atoms with Crippen molar-refractivity contribution in [3.63, 3.8) is 0 Å². The third-order valence-corrected chi connectivity index (χ3v) is 3.05. The van der Waals surface area contributed by atoms with Gasteiger partial charge in [0, 0.05) is 18.8 Å².